The van der Waals surface area contributed by atoms with E-state index in [-0.39, 0.29) is 6.54 Å². The quantitative estimate of drug-likeness (QED) is 0.362. The second kappa shape index (κ2) is 9.33. The van der Waals surface area contributed by atoms with Gasteiger partial charge in [0.2, 0.25) is 0 Å². The molecule has 0 aliphatic rings. The molecule has 2 N–H and O–H groups in total. The first kappa shape index (κ1) is 19.1. The second-order valence-corrected chi connectivity index (χ2v) is 5.49. The Balaban J connectivity index is 1.83. The molecule has 8 heteroatoms. The number of hydrogen-bond donors (Lipinski definition) is 2. The fourth-order valence-electron chi connectivity index (χ4n) is 1.94. The van der Waals surface area contributed by atoms with E-state index in [0.717, 1.165) is 0 Å². The molecule has 0 saturated carbocycles. The van der Waals surface area contributed by atoms with Crippen LogP contribution in [0.25, 0.3) is 0 Å². The number of esters is 1. The molecule has 2 aromatic carbocycles. The minimum atomic E-state index is -0.903. The number of rotatable bonds is 5. The summed E-state index contributed by atoms with van der Waals surface area (Å²) in [7, 11) is 1.30. The molecule has 0 heterocycles. The van der Waals surface area contributed by atoms with Crippen LogP contribution in [0.3, 0.4) is 0 Å². The molecule has 0 bridgehead atoms. The minimum Gasteiger partial charge on any atom is -0.465 e. The number of methoxy groups -OCH3 is 1. The zero-order chi connectivity index (χ0) is 18.9. The van der Waals surface area contributed by atoms with Crippen LogP contribution in [-0.2, 0) is 20.9 Å². The maximum absolute atomic E-state index is 11.7. The highest BCUT2D eigenvalue weighted by atomic mass is 35.5. The van der Waals surface area contributed by atoms with Gasteiger partial charge in [0, 0.05) is 11.6 Å². The summed E-state index contributed by atoms with van der Waals surface area (Å²) in [6.07, 6.45) is 1.35. The van der Waals surface area contributed by atoms with Gasteiger partial charge in [0.25, 0.3) is 0 Å². The molecule has 0 aromatic heterocycles. The lowest BCUT2D eigenvalue weighted by Gasteiger charge is -2.05. The van der Waals surface area contributed by atoms with Gasteiger partial charge in [-0.2, -0.15) is 5.10 Å². The van der Waals surface area contributed by atoms with Gasteiger partial charge in [0.05, 0.1) is 18.9 Å². The molecule has 0 saturated heterocycles. The summed E-state index contributed by atoms with van der Waals surface area (Å²) in [6, 6.07) is 13.4. The molecule has 26 heavy (non-hydrogen) atoms. The van der Waals surface area contributed by atoms with E-state index in [1.165, 1.54) is 13.3 Å². The predicted octanol–water partition coefficient (Wildman–Crippen LogP) is 1.89. The lowest BCUT2D eigenvalue weighted by atomic mass is 10.1. The third kappa shape index (κ3) is 5.42. The van der Waals surface area contributed by atoms with E-state index < -0.39 is 17.8 Å². The number of amides is 2. The van der Waals surface area contributed by atoms with Crippen LogP contribution in [-0.4, -0.2) is 31.1 Å². The van der Waals surface area contributed by atoms with Gasteiger partial charge in [0.15, 0.2) is 0 Å². The van der Waals surface area contributed by atoms with E-state index in [4.69, 9.17) is 11.6 Å². The fourth-order valence-corrected chi connectivity index (χ4v) is 2.14. The van der Waals surface area contributed by atoms with E-state index >= 15 is 0 Å². The number of benzene rings is 2. The van der Waals surface area contributed by atoms with Gasteiger partial charge in [-0.1, -0.05) is 41.9 Å². The van der Waals surface area contributed by atoms with Crippen molar-refractivity contribution in [1.29, 1.82) is 0 Å². The Bertz CT molecular complexity index is 835. The summed E-state index contributed by atoms with van der Waals surface area (Å²) in [5.74, 6) is -2.18. The Morgan fingerprint density at radius 1 is 1.08 bits per heavy atom. The molecular weight excluding hydrogens is 358 g/mol. The number of carbonyl (C=O) groups is 3. The summed E-state index contributed by atoms with van der Waals surface area (Å²) in [6.45, 7) is 0.130. The summed E-state index contributed by atoms with van der Waals surface area (Å²) in [5.41, 5.74) is 3.85. The molecule has 134 valence electrons. The molecular formula is C18H16ClN3O4. The van der Waals surface area contributed by atoms with E-state index in [1.54, 1.807) is 48.5 Å². The van der Waals surface area contributed by atoms with Crippen molar-refractivity contribution in [2.24, 2.45) is 5.10 Å². The standard InChI is InChI=1S/C18H16ClN3O4/c1-26-18(25)13-8-6-12(7-9-13)10-21-22-17(24)16(23)20-11-14-4-2-3-5-15(14)19/h2-10H,11H2,1H3,(H,20,23)(H,22,24)/b21-10-. The van der Waals surface area contributed by atoms with Gasteiger partial charge in [-0.25, -0.2) is 10.2 Å². The lowest BCUT2D eigenvalue weighted by molar-refractivity contribution is -0.139. The van der Waals surface area contributed by atoms with Crippen LogP contribution >= 0.6 is 11.6 Å². The molecule has 0 atom stereocenters. The average molecular weight is 374 g/mol. The third-order valence-electron chi connectivity index (χ3n) is 3.31. The molecule has 2 rings (SSSR count). The molecule has 0 spiro atoms. The molecule has 0 aliphatic carbocycles. The number of hydrogen-bond acceptors (Lipinski definition) is 5. The Hall–Kier alpha value is -3.19. The Morgan fingerprint density at radius 3 is 2.42 bits per heavy atom. The molecule has 7 nitrogen and oxygen atoms in total. The normalized spacial score (nSPS) is 10.4. The maximum atomic E-state index is 11.7. The Kier molecular flexibility index (Phi) is 6.87. The first-order valence-electron chi connectivity index (χ1n) is 7.54. The number of nitrogens with zero attached hydrogens (tertiary/aromatic N) is 1. The molecule has 0 fully saturated rings. The third-order valence-corrected chi connectivity index (χ3v) is 3.68. The first-order chi connectivity index (χ1) is 12.5. The molecule has 0 aliphatic heterocycles. The van der Waals surface area contributed by atoms with Gasteiger partial charge in [0.1, 0.15) is 0 Å². The number of halogens is 1. The highest BCUT2D eigenvalue weighted by molar-refractivity contribution is 6.35. The van der Waals surface area contributed by atoms with E-state index in [9.17, 15) is 14.4 Å². The van der Waals surface area contributed by atoms with Crippen LogP contribution < -0.4 is 10.7 Å². The summed E-state index contributed by atoms with van der Waals surface area (Å²) in [4.78, 5) is 34.7. The van der Waals surface area contributed by atoms with Crippen LogP contribution in [0.15, 0.2) is 53.6 Å². The largest absolute Gasteiger partial charge is 0.465 e. The molecule has 2 amide bonds. The number of carbonyl (C=O) groups excluding carboxylic acids is 3. The zero-order valence-corrected chi connectivity index (χ0v) is 14.6. The summed E-state index contributed by atoms with van der Waals surface area (Å²) in [5, 5.41) is 6.66. The van der Waals surface area contributed by atoms with Crippen LogP contribution in [0.5, 0.6) is 0 Å². The van der Waals surface area contributed by atoms with Crippen LogP contribution in [0, 0.1) is 0 Å². The smallest absolute Gasteiger partial charge is 0.337 e. The number of hydrazone groups is 1. The van der Waals surface area contributed by atoms with Crippen molar-refractivity contribution in [3.05, 3.63) is 70.2 Å². The van der Waals surface area contributed by atoms with Gasteiger partial charge < -0.3 is 10.1 Å². The first-order valence-corrected chi connectivity index (χ1v) is 7.92. The van der Waals surface area contributed by atoms with Crippen molar-refractivity contribution in [1.82, 2.24) is 10.7 Å². The molecule has 2 aromatic rings. The van der Waals surface area contributed by atoms with Gasteiger partial charge >= 0.3 is 17.8 Å². The maximum Gasteiger partial charge on any atom is 0.337 e. The summed E-state index contributed by atoms with van der Waals surface area (Å²) >= 11 is 5.97. The van der Waals surface area contributed by atoms with Crippen molar-refractivity contribution in [2.45, 2.75) is 6.54 Å². The van der Waals surface area contributed by atoms with E-state index in [2.05, 4.69) is 20.6 Å². The Morgan fingerprint density at radius 2 is 1.77 bits per heavy atom. The molecule has 0 radical (unpaired) electrons. The average Bonchev–Trinajstić information content (AvgIpc) is 2.67. The highest BCUT2D eigenvalue weighted by Crippen LogP contribution is 2.14. The number of ether oxygens (including phenoxy) is 1. The van der Waals surface area contributed by atoms with Gasteiger partial charge in [-0.15, -0.1) is 0 Å². The SMILES string of the molecule is COC(=O)c1ccc(/C=N\NC(=O)C(=O)NCc2ccccc2Cl)cc1. The second-order valence-electron chi connectivity index (χ2n) is 5.09. The zero-order valence-electron chi connectivity index (χ0n) is 13.9. The van der Waals surface area contributed by atoms with Gasteiger partial charge in [-0.3, -0.25) is 9.59 Å². The van der Waals surface area contributed by atoms with E-state index in [1.807, 2.05) is 0 Å². The van der Waals surface area contributed by atoms with Crippen molar-refractivity contribution < 1.29 is 19.1 Å². The monoisotopic (exact) mass is 373 g/mol. The molecule has 0 unspecified atom stereocenters. The van der Waals surface area contributed by atoms with Crippen molar-refractivity contribution in [3.8, 4) is 0 Å². The van der Waals surface area contributed by atoms with E-state index in [0.29, 0.717) is 21.7 Å². The van der Waals surface area contributed by atoms with Crippen molar-refractivity contribution >= 4 is 35.6 Å². The number of nitrogens with one attached hydrogen (secondary N) is 2. The Labute approximate surface area is 155 Å². The van der Waals surface area contributed by atoms with Crippen LogP contribution in [0.1, 0.15) is 21.5 Å². The summed E-state index contributed by atoms with van der Waals surface area (Å²) < 4.78 is 4.60. The van der Waals surface area contributed by atoms with Crippen molar-refractivity contribution in [2.75, 3.05) is 7.11 Å². The topological polar surface area (TPSA) is 96.9 Å². The highest BCUT2D eigenvalue weighted by Gasteiger charge is 2.12. The predicted molar refractivity (Wildman–Crippen MR) is 96.8 cm³/mol. The van der Waals surface area contributed by atoms with Crippen LogP contribution in [0.4, 0.5) is 0 Å². The van der Waals surface area contributed by atoms with Gasteiger partial charge in [-0.05, 0) is 29.3 Å². The fraction of sp³-hybridized carbons (Fsp3) is 0.111. The van der Waals surface area contributed by atoms with Crippen molar-refractivity contribution in [3.63, 3.8) is 0 Å². The lowest BCUT2D eigenvalue weighted by Crippen LogP contribution is -2.37. The minimum absolute atomic E-state index is 0.130. The van der Waals surface area contributed by atoms with Crippen LogP contribution in [0.2, 0.25) is 5.02 Å².